The van der Waals surface area contributed by atoms with Gasteiger partial charge in [-0.2, -0.15) is 0 Å². The van der Waals surface area contributed by atoms with E-state index in [2.05, 4.69) is 209 Å². The minimum absolute atomic E-state index is 0.0744. The van der Waals surface area contributed by atoms with E-state index in [1.54, 1.807) is 14.2 Å². The fourth-order valence-electron chi connectivity index (χ4n) is 9.95. The highest BCUT2D eigenvalue weighted by atomic mass is 32.2. The van der Waals surface area contributed by atoms with Crippen LogP contribution < -0.4 is 14.8 Å². The first-order valence-electron chi connectivity index (χ1n) is 24.6. The molecule has 69 heavy (non-hydrogen) atoms. The number of benzene rings is 7. The third kappa shape index (κ3) is 12.3. The molecule has 356 valence electrons. The van der Waals surface area contributed by atoms with Crippen LogP contribution in [-0.2, 0) is 27.3 Å². The van der Waals surface area contributed by atoms with E-state index in [4.69, 9.17) is 9.47 Å². The number of hydrogen-bond acceptors (Lipinski definition) is 7. The Labute approximate surface area is 419 Å². The van der Waals surface area contributed by atoms with Gasteiger partial charge in [0.1, 0.15) is 0 Å². The van der Waals surface area contributed by atoms with Gasteiger partial charge in [0.05, 0.1) is 30.3 Å². The summed E-state index contributed by atoms with van der Waals surface area (Å²) >= 11 is 3.85. The van der Waals surface area contributed by atoms with Crippen LogP contribution in [0.5, 0.6) is 11.5 Å². The lowest BCUT2D eigenvalue weighted by atomic mass is 9.84. The SMILES string of the molecule is COc1cc2c(cc1OC)CN(CCCCCCN(CCSC(c1ccccc1)(c1ccccc1)c1ccccc1)CC(=O)NCCSC(c1ccccc1)(c1ccccc1)c1ccccc1)CC2. The zero-order valence-corrected chi connectivity index (χ0v) is 41.9. The second-order valence-corrected chi connectivity index (χ2v) is 20.4. The Hall–Kier alpha value is -5.77. The predicted octanol–water partition coefficient (Wildman–Crippen LogP) is 12.5. The number of fused-ring (bicyclic) bond motifs is 1. The summed E-state index contributed by atoms with van der Waals surface area (Å²) in [6.45, 7) is 5.68. The Balaban J connectivity index is 0.935. The molecule has 7 aromatic rings. The number of amides is 1. The first kappa shape index (κ1) is 49.6. The molecule has 0 aliphatic carbocycles. The van der Waals surface area contributed by atoms with Crippen LogP contribution in [0.4, 0.5) is 0 Å². The first-order chi connectivity index (χ1) is 34.0. The third-order valence-corrected chi connectivity index (χ3v) is 16.5. The lowest BCUT2D eigenvalue weighted by molar-refractivity contribution is -0.122. The first-order valence-corrected chi connectivity index (χ1v) is 26.6. The topological polar surface area (TPSA) is 54.0 Å². The van der Waals surface area contributed by atoms with Crippen molar-refractivity contribution in [3.63, 3.8) is 0 Å². The molecule has 1 amide bonds. The predicted molar refractivity (Wildman–Crippen MR) is 290 cm³/mol. The number of rotatable bonds is 25. The summed E-state index contributed by atoms with van der Waals surface area (Å²) in [7, 11) is 3.41. The molecule has 1 aliphatic heterocycles. The molecule has 1 heterocycles. The molecule has 0 unspecified atom stereocenters. The molecule has 7 aromatic carbocycles. The van der Waals surface area contributed by atoms with Crippen molar-refractivity contribution in [3.8, 4) is 11.5 Å². The number of thioether (sulfide) groups is 2. The van der Waals surface area contributed by atoms with Crippen molar-refractivity contribution in [3.05, 3.63) is 239 Å². The maximum atomic E-state index is 14.1. The molecule has 0 bridgehead atoms. The number of unbranched alkanes of at least 4 members (excludes halogenated alkanes) is 3. The van der Waals surface area contributed by atoms with E-state index in [0.29, 0.717) is 13.1 Å². The Morgan fingerprint density at radius 2 is 0.942 bits per heavy atom. The largest absolute Gasteiger partial charge is 0.493 e. The molecular weight excluding hydrogens is 887 g/mol. The van der Waals surface area contributed by atoms with Gasteiger partial charge in [0, 0.05) is 37.7 Å². The molecule has 0 atom stereocenters. The van der Waals surface area contributed by atoms with Crippen LogP contribution in [0.25, 0.3) is 0 Å². The van der Waals surface area contributed by atoms with Gasteiger partial charge in [0.2, 0.25) is 5.91 Å². The van der Waals surface area contributed by atoms with Gasteiger partial charge < -0.3 is 14.8 Å². The van der Waals surface area contributed by atoms with Gasteiger partial charge in [-0.1, -0.05) is 195 Å². The molecule has 0 saturated heterocycles. The summed E-state index contributed by atoms with van der Waals surface area (Å²) in [5.41, 5.74) is 10.1. The quantitative estimate of drug-likeness (QED) is 0.0452. The number of hydrogen-bond donors (Lipinski definition) is 1. The molecule has 0 aromatic heterocycles. The van der Waals surface area contributed by atoms with E-state index in [-0.39, 0.29) is 5.91 Å². The van der Waals surface area contributed by atoms with Gasteiger partial charge in [0.25, 0.3) is 0 Å². The van der Waals surface area contributed by atoms with Crippen molar-refractivity contribution in [2.45, 2.75) is 48.1 Å². The van der Waals surface area contributed by atoms with Crippen LogP contribution in [0.15, 0.2) is 194 Å². The van der Waals surface area contributed by atoms with E-state index in [1.165, 1.54) is 44.5 Å². The van der Waals surface area contributed by atoms with Gasteiger partial charge in [0.15, 0.2) is 11.5 Å². The Kier molecular flexibility index (Phi) is 18.1. The molecule has 1 N–H and O–H groups in total. The zero-order chi connectivity index (χ0) is 47.6. The molecule has 6 nitrogen and oxygen atoms in total. The number of ether oxygens (including phenoxy) is 2. The van der Waals surface area contributed by atoms with E-state index in [1.807, 2.05) is 23.5 Å². The van der Waals surface area contributed by atoms with Gasteiger partial charge in [-0.3, -0.25) is 14.6 Å². The average molecular weight is 954 g/mol. The smallest absolute Gasteiger partial charge is 0.234 e. The summed E-state index contributed by atoms with van der Waals surface area (Å²) in [4.78, 5) is 19.1. The number of nitrogens with one attached hydrogen (secondary N) is 1. The van der Waals surface area contributed by atoms with Crippen molar-refractivity contribution in [2.24, 2.45) is 0 Å². The van der Waals surface area contributed by atoms with Gasteiger partial charge in [-0.05, 0) is 89.0 Å². The molecule has 0 radical (unpaired) electrons. The molecule has 0 saturated carbocycles. The summed E-state index contributed by atoms with van der Waals surface area (Å²) in [6.07, 6.45) is 5.51. The van der Waals surface area contributed by atoms with Gasteiger partial charge >= 0.3 is 0 Å². The maximum absolute atomic E-state index is 14.1. The van der Waals surface area contributed by atoms with Crippen LogP contribution in [0.2, 0.25) is 0 Å². The maximum Gasteiger partial charge on any atom is 0.234 e. The van der Waals surface area contributed by atoms with E-state index in [0.717, 1.165) is 87.8 Å². The van der Waals surface area contributed by atoms with E-state index >= 15 is 0 Å². The van der Waals surface area contributed by atoms with E-state index < -0.39 is 9.49 Å². The monoisotopic (exact) mass is 953 g/mol. The van der Waals surface area contributed by atoms with Gasteiger partial charge in [-0.25, -0.2) is 0 Å². The normalized spacial score (nSPS) is 12.9. The summed E-state index contributed by atoms with van der Waals surface area (Å²) < 4.78 is 10.3. The second kappa shape index (κ2) is 25.2. The van der Waals surface area contributed by atoms with Crippen molar-refractivity contribution in [2.75, 3.05) is 65.0 Å². The lowest BCUT2D eigenvalue weighted by Crippen LogP contribution is -2.40. The van der Waals surface area contributed by atoms with Crippen LogP contribution in [0, 0.1) is 0 Å². The Bertz CT molecular complexity index is 2410. The van der Waals surface area contributed by atoms with Crippen LogP contribution in [0.3, 0.4) is 0 Å². The number of nitrogens with zero attached hydrogens (tertiary/aromatic N) is 2. The fourth-order valence-corrected chi connectivity index (χ4v) is 12.9. The third-order valence-electron chi connectivity index (χ3n) is 13.4. The minimum atomic E-state index is -0.430. The average Bonchev–Trinajstić information content (AvgIpc) is 3.42. The molecule has 8 rings (SSSR count). The van der Waals surface area contributed by atoms with Crippen LogP contribution in [0.1, 0.15) is 70.2 Å². The molecule has 1 aliphatic rings. The second-order valence-electron chi connectivity index (χ2n) is 17.8. The molecular formula is C61H67N3O3S2. The van der Waals surface area contributed by atoms with Crippen molar-refractivity contribution < 1.29 is 14.3 Å². The standard InChI is InChI=1S/C61H67N3O3S2/c1-66-57-45-49-37-41-63(47-50(49)46-58(57)67-2)39-23-3-4-24-40-64(42-44-69-61(54-31-17-8-18-32-54,55-33-19-9-20-34-55)56-35-21-10-22-36-56)48-59(65)62-38-43-68-60(51-25-11-5-12-26-51,52-27-13-6-14-28-52)53-29-15-7-16-30-53/h5-22,25-36,45-46H,3-4,23-24,37-44,47-48H2,1-2H3,(H,62,65). The molecule has 0 fully saturated rings. The van der Waals surface area contributed by atoms with Crippen LogP contribution >= 0.6 is 23.5 Å². The highest BCUT2D eigenvalue weighted by molar-refractivity contribution is 8.00. The zero-order valence-electron chi connectivity index (χ0n) is 40.3. The van der Waals surface area contributed by atoms with Crippen molar-refractivity contribution in [1.29, 1.82) is 0 Å². The number of carbonyl (C=O) groups is 1. The lowest BCUT2D eigenvalue weighted by Gasteiger charge is -2.36. The minimum Gasteiger partial charge on any atom is -0.493 e. The summed E-state index contributed by atoms with van der Waals surface area (Å²) in [5.74, 6) is 3.28. The van der Waals surface area contributed by atoms with E-state index in [9.17, 15) is 4.79 Å². The highest BCUT2D eigenvalue weighted by Crippen LogP contribution is 2.49. The summed E-state index contributed by atoms with van der Waals surface area (Å²) in [5, 5.41) is 3.36. The van der Waals surface area contributed by atoms with Gasteiger partial charge in [-0.15, -0.1) is 23.5 Å². The number of carbonyl (C=O) groups excluding carboxylic acids is 1. The highest BCUT2D eigenvalue weighted by Gasteiger charge is 2.38. The Morgan fingerprint density at radius 1 is 0.536 bits per heavy atom. The summed E-state index contributed by atoms with van der Waals surface area (Å²) in [6, 6.07) is 69.4. The van der Waals surface area contributed by atoms with Crippen molar-refractivity contribution in [1.82, 2.24) is 15.1 Å². The number of methoxy groups -OCH3 is 2. The Morgan fingerprint density at radius 3 is 1.38 bits per heavy atom. The molecule has 0 spiro atoms. The van der Waals surface area contributed by atoms with Crippen LogP contribution in [-0.4, -0.2) is 80.7 Å². The fraction of sp³-hybridized carbons (Fsp3) is 0.295. The molecule has 8 heteroatoms. The van der Waals surface area contributed by atoms with Crippen molar-refractivity contribution >= 4 is 29.4 Å².